The smallest absolute Gasteiger partial charge is 0.345 e. The van der Waals surface area contributed by atoms with E-state index in [0.717, 1.165) is 16.6 Å². The molecule has 3 aromatic rings. The first-order valence-corrected chi connectivity index (χ1v) is 8.79. The summed E-state index contributed by atoms with van der Waals surface area (Å²) in [6.45, 7) is 2.43. The van der Waals surface area contributed by atoms with Gasteiger partial charge in [-0.15, -0.1) is 0 Å². The molecular formula is C19H20ClN3O4. The largest absolute Gasteiger partial charge is 0.506 e. The maximum absolute atomic E-state index is 12.2. The van der Waals surface area contributed by atoms with Crippen molar-refractivity contribution in [2.75, 3.05) is 14.1 Å². The summed E-state index contributed by atoms with van der Waals surface area (Å²) in [5.74, 6) is -1.96. The molecule has 0 atom stereocenters. The van der Waals surface area contributed by atoms with Gasteiger partial charge in [-0.3, -0.25) is 4.79 Å². The van der Waals surface area contributed by atoms with E-state index in [4.69, 9.17) is 11.6 Å². The van der Waals surface area contributed by atoms with Gasteiger partial charge in [-0.2, -0.15) is 0 Å². The number of aromatic amines is 2. The second-order valence-corrected chi connectivity index (χ2v) is 6.98. The third kappa shape index (κ3) is 3.31. The third-order valence-corrected chi connectivity index (χ3v) is 4.86. The van der Waals surface area contributed by atoms with E-state index in [2.05, 4.69) is 9.97 Å². The second-order valence-electron chi connectivity index (χ2n) is 6.61. The van der Waals surface area contributed by atoms with Crippen LogP contribution in [-0.2, 0) is 13.0 Å². The lowest BCUT2D eigenvalue weighted by Crippen LogP contribution is -2.20. The molecule has 27 heavy (non-hydrogen) atoms. The van der Waals surface area contributed by atoms with E-state index in [0.29, 0.717) is 34.8 Å². The summed E-state index contributed by atoms with van der Waals surface area (Å²) in [4.78, 5) is 31.3. The predicted octanol–water partition coefficient (Wildman–Crippen LogP) is 3.20. The summed E-state index contributed by atoms with van der Waals surface area (Å²) in [7, 11) is 3.89. The molecule has 0 aliphatic carbocycles. The fourth-order valence-corrected chi connectivity index (χ4v) is 3.49. The van der Waals surface area contributed by atoms with E-state index in [1.54, 1.807) is 13.0 Å². The fraction of sp³-hybridized carbons (Fsp3) is 0.263. The Morgan fingerprint density at radius 1 is 1.26 bits per heavy atom. The van der Waals surface area contributed by atoms with Crippen molar-refractivity contribution in [3.8, 4) is 17.0 Å². The number of pyridine rings is 1. The maximum Gasteiger partial charge on any atom is 0.345 e. The molecular weight excluding hydrogens is 370 g/mol. The molecule has 3 rings (SSSR count). The van der Waals surface area contributed by atoms with Gasteiger partial charge >= 0.3 is 5.97 Å². The number of aromatic nitrogens is 2. The first-order valence-electron chi connectivity index (χ1n) is 8.41. The van der Waals surface area contributed by atoms with Crippen LogP contribution in [0.4, 0.5) is 0 Å². The van der Waals surface area contributed by atoms with Gasteiger partial charge < -0.3 is 25.1 Å². The zero-order valence-corrected chi connectivity index (χ0v) is 15.9. The minimum absolute atomic E-state index is 0.355. The lowest BCUT2D eigenvalue weighted by molar-refractivity contribution is 0.0691. The molecule has 0 spiro atoms. The normalized spacial score (nSPS) is 11.4. The number of hydrogen-bond acceptors (Lipinski definition) is 4. The van der Waals surface area contributed by atoms with Crippen LogP contribution in [-0.4, -0.2) is 45.1 Å². The van der Waals surface area contributed by atoms with Crippen molar-refractivity contribution in [3.63, 3.8) is 0 Å². The highest BCUT2D eigenvalue weighted by Gasteiger charge is 2.22. The highest BCUT2D eigenvalue weighted by molar-refractivity contribution is 6.36. The Balaban J connectivity index is 2.21. The van der Waals surface area contributed by atoms with Crippen molar-refractivity contribution in [3.05, 3.63) is 50.4 Å². The number of halogens is 1. The zero-order chi connectivity index (χ0) is 19.9. The molecule has 0 unspecified atom stereocenters. The number of carbonyl (C=O) groups is 1. The topological polar surface area (TPSA) is 109 Å². The van der Waals surface area contributed by atoms with E-state index in [-0.39, 0.29) is 0 Å². The van der Waals surface area contributed by atoms with Gasteiger partial charge in [0.15, 0.2) is 5.56 Å². The molecule has 0 saturated carbocycles. The number of nitrogens with one attached hydrogen (secondary N) is 2. The Morgan fingerprint density at radius 2 is 1.96 bits per heavy atom. The lowest BCUT2D eigenvalue weighted by Gasteiger charge is -2.12. The number of aromatic carboxylic acids is 1. The summed E-state index contributed by atoms with van der Waals surface area (Å²) >= 11 is 6.44. The Labute approximate surface area is 160 Å². The molecule has 2 heterocycles. The van der Waals surface area contributed by atoms with Gasteiger partial charge in [0, 0.05) is 34.3 Å². The fourth-order valence-electron chi connectivity index (χ4n) is 3.22. The van der Waals surface area contributed by atoms with Crippen molar-refractivity contribution in [1.29, 1.82) is 0 Å². The number of aromatic hydroxyl groups is 1. The summed E-state index contributed by atoms with van der Waals surface area (Å²) in [5, 5.41) is 21.0. The average molecular weight is 390 g/mol. The van der Waals surface area contributed by atoms with E-state index in [1.807, 2.05) is 31.1 Å². The highest BCUT2D eigenvalue weighted by Crippen LogP contribution is 2.34. The van der Waals surface area contributed by atoms with Gasteiger partial charge in [0.25, 0.3) is 5.56 Å². The molecule has 0 saturated heterocycles. The standard InChI is InChI=1S/C19H20ClN3O4/c1-4-10-16(22-18(25)14(17(10)24)19(26)27)9-5-6-11-12(7-9)21-13(15(11)20)8-23(2)3/h5-7,21H,4,8H2,1-3H3,(H,26,27)(H2,22,24,25). The zero-order valence-electron chi connectivity index (χ0n) is 15.2. The van der Waals surface area contributed by atoms with Crippen LogP contribution in [0, 0.1) is 0 Å². The molecule has 0 bridgehead atoms. The van der Waals surface area contributed by atoms with E-state index >= 15 is 0 Å². The molecule has 0 aliphatic heterocycles. The molecule has 142 valence electrons. The van der Waals surface area contributed by atoms with Crippen molar-refractivity contribution in [2.24, 2.45) is 0 Å². The number of carboxylic acid groups (broad SMARTS) is 1. The van der Waals surface area contributed by atoms with E-state index in [9.17, 15) is 19.8 Å². The number of carboxylic acids is 1. The number of nitrogens with zero attached hydrogens (tertiary/aromatic N) is 1. The molecule has 0 fully saturated rings. The Bertz CT molecular complexity index is 1100. The van der Waals surface area contributed by atoms with Crippen molar-refractivity contribution in [1.82, 2.24) is 14.9 Å². The van der Waals surface area contributed by atoms with Gasteiger partial charge in [0.2, 0.25) is 0 Å². The summed E-state index contributed by atoms with van der Waals surface area (Å²) in [5.41, 5.74) is 1.60. The molecule has 0 aliphatic rings. The molecule has 0 radical (unpaired) electrons. The maximum atomic E-state index is 12.2. The minimum Gasteiger partial charge on any atom is -0.506 e. The molecule has 8 heteroatoms. The van der Waals surface area contributed by atoms with E-state index < -0.39 is 22.8 Å². The van der Waals surface area contributed by atoms with Crippen LogP contribution in [0.5, 0.6) is 5.75 Å². The van der Waals surface area contributed by atoms with Crippen LogP contribution in [0.2, 0.25) is 5.02 Å². The van der Waals surface area contributed by atoms with Gasteiger partial charge in [-0.1, -0.05) is 30.7 Å². The van der Waals surface area contributed by atoms with Crippen molar-refractivity contribution in [2.45, 2.75) is 19.9 Å². The van der Waals surface area contributed by atoms with Crippen LogP contribution in [0.1, 0.15) is 28.5 Å². The molecule has 2 aromatic heterocycles. The van der Waals surface area contributed by atoms with Gasteiger partial charge in [0.1, 0.15) is 5.75 Å². The van der Waals surface area contributed by atoms with Crippen LogP contribution in [0.3, 0.4) is 0 Å². The Hall–Kier alpha value is -2.77. The third-order valence-electron chi connectivity index (χ3n) is 4.43. The number of hydrogen-bond donors (Lipinski definition) is 4. The van der Waals surface area contributed by atoms with Crippen molar-refractivity contribution < 1.29 is 15.0 Å². The van der Waals surface area contributed by atoms with Crippen molar-refractivity contribution >= 4 is 28.5 Å². The lowest BCUT2D eigenvalue weighted by atomic mass is 10.00. The second kappa shape index (κ2) is 7.09. The monoisotopic (exact) mass is 389 g/mol. The number of rotatable bonds is 5. The van der Waals surface area contributed by atoms with Gasteiger partial charge in [0.05, 0.1) is 10.7 Å². The molecule has 0 amide bonds. The first-order chi connectivity index (χ1) is 12.7. The van der Waals surface area contributed by atoms with Crippen LogP contribution in [0.15, 0.2) is 23.0 Å². The average Bonchev–Trinajstić information content (AvgIpc) is 2.88. The van der Waals surface area contributed by atoms with Gasteiger partial charge in [-0.05, 0) is 26.6 Å². The van der Waals surface area contributed by atoms with E-state index in [1.165, 1.54) is 0 Å². The molecule has 7 nitrogen and oxygen atoms in total. The first kappa shape index (κ1) is 19.0. The highest BCUT2D eigenvalue weighted by atomic mass is 35.5. The van der Waals surface area contributed by atoms with Crippen LogP contribution >= 0.6 is 11.6 Å². The predicted molar refractivity (Wildman–Crippen MR) is 105 cm³/mol. The molecule has 1 aromatic carbocycles. The quantitative estimate of drug-likeness (QED) is 0.535. The van der Waals surface area contributed by atoms with Crippen LogP contribution < -0.4 is 5.56 Å². The Morgan fingerprint density at radius 3 is 2.56 bits per heavy atom. The summed E-state index contributed by atoms with van der Waals surface area (Å²) < 4.78 is 0. The number of benzene rings is 1. The Kier molecular flexibility index (Phi) is 4.99. The molecule has 4 N–H and O–H groups in total. The minimum atomic E-state index is -1.46. The number of H-pyrrole nitrogens is 2. The van der Waals surface area contributed by atoms with Gasteiger partial charge in [-0.25, -0.2) is 4.79 Å². The number of fused-ring (bicyclic) bond motifs is 1. The van der Waals surface area contributed by atoms with Crippen LogP contribution in [0.25, 0.3) is 22.2 Å². The summed E-state index contributed by atoms with van der Waals surface area (Å²) in [6, 6.07) is 5.44. The summed E-state index contributed by atoms with van der Waals surface area (Å²) in [6.07, 6.45) is 0.355. The SMILES string of the molecule is CCc1c(-c2ccc3c(Cl)c(CN(C)C)[nH]c3c2)[nH]c(=O)c(C(=O)O)c1O.